The molecule has 0 atom stereocenters. The van der Waals surface area contributed by atoms with E-state index in [1.807, 2.05) is 27.8 Å². The van der Waals surface area contributed by atoms with Gasteiger partial charge in [0.15, 0.2) is 0 Å². The third-order valence-electron chi connectivity index (χ3n) is 2.53. The molecule has 0 aliphatic carbocycles. The number of nitrogens with one attached hydrogen (secondary N) is 2. The van der Waals surface area contributed by atoms with Crippen molar-refractivity contribution < 1.29 is 28.5 Å². The van der Waals surface area contributed by atoms with Crippen molar-refractivity contribution in [2.24, 2.45) is 0 Å². The van der Waals surface area contributed by atoms with Gasteiger partial charge in [0.1, 0.15) is 5.60 Å². The van der Waals surface area contributed by atoms with Crippen molar-refractivity contribution in [3.8, 4) is 0 Å². The van der Waals surface area contributed by atoms with E-state index in [9.17, 15) is 4.79 Å². The molecule has 8 heteroatoms. The number of rotatable bonds is 15. The predicted molar refractivity (Wildman–Crippen MR) is 91.4 cm³/mol. The first-order valence-corrected chi connectivity index (χ1v) is 8.38. The van der Waals surface area contributed by atoms with Crippen LogP contribution in [0.4, 0.5) is 4.79 Å². The second kappa shape index (κ2) is 15.6. The summed E-state index contributed by atoms with van der Waals surface area (Å²) in [5.74, 6) is 0. The Morgan fingerprint density at radius 1 is 0.750 bits per heavy atom. The molecule has 0 fully saturated rings. The standard InChI is InChI=1S/C16H34N2O6/c1-16(2,3)24-15(19)18-6-8-21-10-12-23-14-13-22-11-9-20-7-5-17-4/h17H,5-14H2,1-4H3,(H,18,19). The molecular weight excluding hydrogens is 316 g/mol. The average molecular weight is 350 g/mol. The van der Waals surface area contributed by atoms with Gasteiger partial charge in [-0.2, -0.15) is 0 Å². The Bertz CT molecular complexity index is 297. The quantitative estimate of drug-likeness (QED) is 0.422. The number of likely N-dealkylation sites (N-methyl/N-ethyl adjacent to an activating group) is 1. The van der Waals surface area contributed by atoms with E-state index in [4.69, 9.17) is 23.7 Å². The molecule has 0 spiro atoms. The van der Waals surface area contributed by atoms with E-state index >= 15 is 0 Å². The largest absolute Gasteiger partial charge is 0.444 e. The molecule has 0 radical (unpaired) electrons. The fraction of sp³-hybridized carbons (Fsp3) is 0.938. The molecule has 0 unspecified atom stereocenters. The lowest BCUT2D eigenvalue weighted by molar-refractivity contribution is -0.00136. The van der Waals surface area contributed by atoms with Crippen LogP contribution < -0.4 is 10.6 Å². The van der Waals surface area contributed by atoms with Gasteiger partial charge in [0, 0.05) is 13.1 Å². The van der Waals surface area contributed by atoms with Gasteiger partial charge in [0.05, 0.1) is 52.9 Å². The van der Waals surface area contributed by atoms with Crippen LogP contribution in [0.5, 0.6) is 0 Å². The first-order chi connectivity index (χ1) is 11.5. The lowest BCUT2D eigenvalue weighted by Crippen LogP contribution is -2.34. The topological polar surface area (TPSA) is 87.3 Å². The molecule has 24 heavy (non-hydrogen) atoms. The minimum absolute atomic E-state index is 0.408. The van der Waals surface area contributed by atoms with Gasteiger partial charge in [-0.1, -0.05) is 0 Å². The Balaban J connectivity index is 3.14. The van der Waals surface area contributed by atoms with E-state index < -0.39 is 11.7 Å². The molecule has 0 rings (SSSR count). The zero-order valence-corrected chi connectivity index (χ0v) is 15.5. The Hall–Kier alpha value is -0.930. The van der Waals surface area contributed by atoms with E-state index in [2.05, 4.69) is 10.6 Å². The maximum Gasteiger partial charge on any atom is 0.407 e. The predicted octanol–water partition coefficient (Wildman–Crippen LogP) is 0.797. The van der Waals surface area contributed by atoms with Gasteiger partial charge in [-0.25, -0.2) is 4.79 Å². The van der Waals surface area contributed by atoms with E-state index in [0.29, 0.717) is 59.4 Å². The summed E-state index contributed by atoms with van der Waals surface area (Å²) in [6.45, 7) is 11.0. The van der Waals surface area contributed by atoms with Gasteiger partial charge in [-0.05, 0) is 27.8 Å². The lowest BCUT2D eigenvalue weighted by atomic mass is 10.2. The van der Waals surface area contributed by atoms with E-state index in [0.717, 1.165) is 6.54 Å². The summed E-state index contributed by atoms with van der Waals surface area (Å²) in [5, 5.41) is 5.62. The van der Waals surface area contributed by atoms with Crippen molar-refractivity contribution >= 4 is 6.09 Å². The van der Waals surface area contributed by atoms with Crippen LogP contribution in [-0.4, -0.2) is 84.7 Å². The Kier molecular flexibility index (Phi) is 15.0. The molecule has 0 aliphatic rings. The van der Waals surface area contributed by atoms with Crippen molar-refractivity contribution in [3.05, 3.63) is 0 Å². The Morgan fingerprint density at radius 2 is 1.17 bits per heavy atom. The van der Waals surface area contributed by atoms with E-state index in [-0.39, 0.29) is 0 Å². The minimum atomic E-state index is -0.486. The summed E-state index contributed by atoms with van der Waals surface area (Å²) in [5.41, 5.74) is -0.486. The zero-order valence-electron chi connectivity index (χ0n) is 15.5. The number of carbonyl (C=O) groups excluding carboxylic acids is 1. The van der Waals surface area contributed by atoms with Gasteiger partial charge < -0.3 is 34.3 Å². The van der Waals surface area contributed by atoms with Crippen molar-refractivity contribution in [1.29, 1.82) is 0 Å². The highest BCUT2D eigenvalue weighted by molar-refractivity contribution is 5.67. The third kappa shape index (κ3) is 19.1. The highest BCUT2D eigenvalue weighted by Gasteiger charge is 2.15. The van der Waals surface area contributed by atoms with E-state index in [1.54, 1.807) is 0 Å². The average Bonchev–Trinajstić information content (AvgIpc) is 2.49. The number of amides is 1. The van der Waals surface area contributed by atoms with Crippen molar-refractivity contribution in [1.82, 2.24) is 10.6 Å². The smallest absolute Gasteiger partial charge is 0.407 e. The Labute approximate surface area is 145 Å². The van der Waals surface area contributed by atoms with Gasteiger partial charge in [0.2, 0.25) is 0 Å². The molecule has 0 aromatic heterocycles. The molecular formula is C16H34N2O6. The summed E-state index contributed by atoms with van der Waals surface area (Å²) < 4.78 is 26.5. The number of alkyl carbamates (subject to hydrolysis) is 1. The summed E-state index contributed by atoms with van der Waals surface area (Å²) in [6, 6.07) is 0. The first-order valence-electron chi connectivity index (χ1n) is 8.38. The van der Waals surface area contributed by atoms with Crippen LogP contribution in [0.15, 0.2) is 0 Å². The van der Waals surface area contributed by atoms with E-state index in [1.165, 1.54) is 0 Å². The van der Waals surface area contributed by atoms with Crippen LogP contribution in [0, 0.1) is 0 Å². The van der Waals surface area contributed by atoms with Crippen LogP contribution in [0.3, 0.4) is 0 Å². The van der Waals surface area contributed by atoms with Gasteiger partial charge in [-0.3, -0.25) is 0 Å². The van der Waals surface area contributed by atoms with Crippen molar-refractivity contribution in [2.45, 2.75) is 26.4 Å². The highest BCUT2D eigenvalue weighted by Crippen LogP contribution is 2.05. The second-order valence-electron chi connectivity index (χ2n) is 5.98. The molecule has 144 valence electrons. The van der Waals surface area contributed by atoms with Crippen LogP contribution in [0.2, 0.25) is 0 Å². The molecule has 8 nitrogen and oxygen atoms in total. The second-order valence-corrected chi connectivity index (χ2v) is 5.98. The molecule has 0 heterocycles. The maximum atomic E-state index is 11.4. The van der Waals surface area contributed by atoms with Crippen LogP contribution in [-0.2, 0) is 23.7 Å². The molecule has 0 aromatic carbocycles. The van der Waals surface area contributed by atoms with Crippen LogP contribution in [0.25, 0.3) is 0 Å². The van der Waals surface area contributed by atoms with Crippen molar-refractivity contribution in [2.75, 3.05) is 73.0 Å². The minimum Gasteiger partial charge on any atom is -0.444 e. The SMILES string of the molecule is CNCCOCCOCCOCCOCCNC(=O)OC(C)(C)C. The van der Waals surface area contributed by atoms with Gasteiger partial charge in [-0.15, -0.1) is 0 Å². The molecule has 0 aromatic rings. The van der Waals surface area contributed by atoms with Crippen LogP contribution >= 0.6 is 0 Å². The zero-order chi connectivity index (χ0) is 18.1. The highest BCUT2D eigenvalue weighted by atomic mass is 16.6. The molecule has 0 saturated carbocycles. The summed E-state index contributed by atoms with van der Waals surface area (Å²) in [4.78, 5) is 11.4. The fourth-order valence-electron chi connectivity index (χ4n) is 1.48. The summed E-state index contributed by atoms with van der Waals surface area (Å²) >= 11 is 0. The number of hydrogen-bond donors (Lipinski definition) is 2. The monoisotopic (exact) mass is 350 g/mol. The fourth-order valence-corrected chi connectivity index (χ4v) is 1.48. The molecule has 0 bridgehead atoms. The molecule has 0 saturated heterocycles. The number of hydrogen-bond acceptors (Lipinski definition) is 7. The molecule has 1 amide bonds. The summed E-state index contributed by atoms with van der Waals surface area (Å²) in [6.07, 6.45) is -0.436. The Morgan fingerprint density at radius 3 is 1.58 bits per heavy atom. The van der Waals surface area contributed by atoms with Crippen molar-refractivity contribution in [3.63, 3.8) is 0 Å². The van der Waals surface area contributed by atoms with Crippen LogP contribution in [0.1, 0.15) is 20.8 Å². The first kappa shape index (κ1) is 23.1. The van der Waals surface area contributed by atoms with Gasteiger partial charge in [0.25, 0.3) is 0 Å². The maximum absolute atomic E-state index is 11.4. The normalized spacial score (nSPS) is 11.5. The number of carbonyl (C=O) groups is 1. The third-order valence-corrected chi connectivity index (χ3v) is 2.53. The molecule has 2 N–H and O–H groups in total. The van der Waals surface area contributed by atoms with Gasteiger partial charge >= 0.3 is 6.09 Å². The molecule has 0 aliphatic heterocycles. The lowest BCUT2D eigenvalue weighted by Gasteiger charge is -2.19. The summed E-state index contributed by atoms with van der Waals surface area (Å²) in [7, 11) is 1.89. The number of ether oxygens (including phenoxy) is 5.